The number of morpholine rings is 1. The fraction of sp³-hybridized carbons (Fsp3) is 0.462. The summed E-state index contributed by atoms with van der Waals surface area (Å²) >= 11 is 3.13. The topological polar surface area (TPSA) is 50.4 Å². The Labute approximate surface area is 128 Å². The largest absolute Gasteiger partial charge is 0.416 e. The molecule has 1 aliphatic heterocycles. The Hall–Kier alpha value is -1.12. The first-order valence-corrected chi connectivity index (χ1v) is 7.13. The van der Waals surface area contributed by atoms with Crippen LogP contribution in [0.2, 0.25) is 0 Å². The molecule has 2 N–H and O–H groups in total. The minimum absolute atomic E-state index is 0.103. The number of anilines is 1. The monoisotopic (exact) mass is 366 g/mol. The Morgan fingerprint density at radius 3 is 2.86 bits per heavy atom. The SMILES string of the molecule is O=C(CC1COCCN1)Nc1cc(C(F)(F)F)ccc1Br. The molecule has 1 aromatic rings. The molecule has 0 saturated carbocycles. The maximum atomic E-state index is 12.7. The average molecular weight is 367 g/mol. The number of halogens is 4. The van der Waals surface area contributed by atoms with Crippen molar-refractivity contribution in [1.29, 1.82) is 0 Å². The first-order chi connectivity index (χ1) is 9.86. The first kappa shape index (κ1) is 16.3. The van der Waals surface area contributed by atoms with Crippen LogP contribution in [0, 0.1) is 0 Å². The van der Waals surface area contributed by atoms with Crippen LogP contribution in [0.4, 0.5) is 18.9 Å². The number of carbonyl (C=O) groups excluding carboxylic acids is 1. The molecule has 1 aliphatic rings. The summed E-state index contributed by atoms with van der Waals surface area (Å²) in [5.41, 5.74) is -0.702. The van der Waals surface area contributed by atoms with E-state index in [4.69, 9.17) is 4.74 Å². The second-order valence-corrected chi connectivity index (χ2v) is 5.52. The van der Waals surface area contributed by atoms with Gasteiger partial charge in [0.15, 0.2) is 0 Å². The van der Waals surface area contributed by atoms with Crippen LogP contribution >= 0.6 is 15.9 Å². The van der Waals surface area contributed by atoms with Crippen LogP contribution in [0.5, 0.6) is 0 Å². The molecule has 0 bridgehead atoms. The van der Waals surface area contributed by atoms with Crippen molar-refractivity contribution in [3.8, 4) is 0 Å². The van der Waals surface area contributed by atoms with Gasteiger partial charge in [-0.1, -0.05) is 0 Å². The highest BCUT2D eigenvalue weighted by atomic mass is 79.9. The third kappa shape index (κ3) is 4.69. The normalized spacial score (nSPS) is 19.3. The van der Waals surface area contributed by atoms with Crippen LogP contribution in [0.15, 0.2) is 22.7 Å². The molecule has 1 heterocycles. The molecular weight excluding hydrogens is 353 g/mol. The molecule has 2 rings (SSSR count). The quantitative estimate of drug-likeness (QED) is 0.864. The highest BCUT2D eigenvalue weighted by Crippen LogP contribution is 2.34. The molecule has 0 aromatic heterocycles. The zero-order chi connectivity index (χ0) is 15.5. The van der Waals surface area contributed by atoms with Gasteiger partial charge in [0, 0.05) is 23.5 Å². The molecule has 116 valence electrons. The van der Waals surface area contributed by atoms with Gasteiger partial charge in [0.2, 0.25) is 5.91 Å². The van der Waals surface area contributed by atoms with E-state index in [1.54, 1.807) is 0 Å². The standard InChI is InChI=1S/C13H14BrF3N2O2/c14-10-2-1-8(13(15,16)17)5-11(10)19-12(20)6-9-7-21-4-3-18-9/h1-2,5,9,18H,3-4,6-7H2,(H,19,20). The van der Waals surface area contributed by atoms with Crippen LogP contribution < -0.4 is 10.6 Å². The van der Waals surface area contributed by atoms with E-state index in [0.29, 0.717) is 24.2 Å². The predicted octanol–water partition coefficient (Wildman–Crippen LogP) is 2.78. The van der Waals surface area contributed by atoms with E-state index >= 15 is 0 Å². The van der Waals surface area contributed by atoms with Crippen molar-refractivity contribution >= 4 is 27.5 Å². The fourth-order valence-electron chi connectivity index (χ4n) is 1.97. The van der Waals surface area contributed by atoms with E-state index in [-0.39, 0.29) is 24.1 Å². The number of amides is 1. The van der Waals surface area contributed by atoms with E-state index < -0.39 is 11.7 Å². The van der Waals surface area contributed by atoms with Crippen molar-refractivity contribution < 1.29 is 22.7 Å². The summed E-state index contributed by atoms with van der Waals surface area (Å²) < 4.78 is 43.6. The van der Waals surface area contributed by atoms with Crippen LogP contribution in [-0.4, -0.2) is 31.7 Å². The van der Waals surface area contributed by atoms with Crippen LogP contribution in [0.1, 0.15) is 12.0 Å². The van der Waals surface area contributed by atoms with Crippen molar-refractivity contribution in [2.24, 2.45) is 0 Å². The molecule has 1 unspecified atom stereocenters. The Morgan fingerprint density at radius 1 is 1.48 bits per heavy atom. The van der Waals surface area contributed by atoms with Gasteiger partial charge in [-0.2, -0.15) is 13.2 Å². The number of ether oxygens (including phenoxy) is 1. The summed E-state index contributed by atoms with van der Waals surface area (Å²) in [4.78, 5) is 11.9. The molecule has 8 heteroatoms. The minimum Gasteiger partial charge on any atom is -0.378 e. The molecule has 0 spiro atoms. The molecule has 0 aliphatic carbocycles. The number of alkyl halides is 3. The lowest BCUT2D eigenvalue weighted by Crippen LogP contribution is -2.43. The van der Waals surface area contributed by atoms with E-state index in [2.05, 4.69) is 26.6 Å². The molecular formula is C13H14BrF3N2O2. The number of rotatable bonds is 3. The molecule has 4 nitrogen and oxygen atoms in total. The Kier molecular flexibility index (Phi) is 5.23. The van der Waals surface area contributed by atoms with Crippen LogP contribution in [-0.2, 0) is 15.7 Å². The smallest absolute Gasteiger partial charge is 0.378 e. The predicted molar refractivity (Wildman–Crippen MR) is 75.0 cm³/mol. The van der Waals surface area contributed by atoms with E-state index in [1.165, 1.54) is 6.07 Å². The fourth-order valence-corrected chi connectivity index (χ4v) is 2.32. The van der Waals surface area contributed by atoms with Crippen molar-refractivity contribution in [1.82, 2.24) is 5.32 Å². The van der Waals surface area contributed by atoms with Gasteiger partial charge in [0.05, 0.1) is 24.5 Å². The molecule has 1 amide bonds. The van der Waals surface area contributed by atoms with Gasteiger partial charge < -0.3 is 15.4 Å². The van der Waals surface area contributed by atoms with E-state index in [9.17, 15) is 18.0 Å². The van der Waals surface area contributed by atoms with Gasteiger partial charge in [-0.05, 0) is 34.1 Å². The highest BCUT2D eigenvalue weighted by Gasteiger charge is 2.31. The first-order valence-electron chi connectivity index (χ1n) is 6.34. The third-order valence-corrected chi connectivity index (χ3v) is 3.69. The summed E-state index contributed by atoms with van der Waals surface area (Å²) in [6.45, 7) is 1.67. The zero-order valence-electron chi connectivity index (χ0n) is 11.0. The summed E-state index contributed by atoms with van der Waals surface area (Å²) in [7, 11) is 0. The van der Waals surface area contributed by atoms with Gasteiger partial charge in [-0.15, -0.1) is 0 Å². The lowest BCUT2D eigenvalue weighted by molar-refractivity contribution is -0.137. The Morgan fingerprint density at radius 2 is 2.24 bits per heavy atom. The molecule has 21 heavy (non-hydrogen) atoms. The van der Waals surface area contributed by atoms with E-state index in [1.807, 2.05) is 0 Å². The van der Waals surface area contributed by atoms with Crippen molar-refractivity contribution in [2.75, 3.05) is 25.1 Å². The molecule has 1 saturated heterocycles. The maximum Gasteiger partial charge on any atom is 0.416 e. The maximum absolute atomic E-state index is 12.7. The third-order valence-electron chi connectivity index (χ3n) is 3.00. The number of carbonyl (C=O) groups is 1. The van der Waals surface area contributed by atoms with Gasteiger partial charge in [-0.25, -0.2) is 0 Å². The van der Waals surface area contributed by atoms with Gasteiger partial charge in [-0.3, -0.25) is 4.79 Å². The lowest BCUT2D eigenvalue weighted by Gasteiger charge is -2.23. The zero-order valence-corrected chi connectivity index (χ0v) is 12.6. The van der Waals surface area contributed by atoms with Crippen LogP contribution in [0.25, 0.3) is 0 Å². The summed E-state index contributed by atoms with van der Waals surface area (Å²) in [5, 5.41) is 5.60. The second kappa shape index (κ2) is 6.76. The number of hydrogen-bond acceptors (Lipinski definition) is 3. The summed E-state index contributed by atoms with van der Waals surface area (Å²) in [5.74, 6) is -0.363. The molecule has 0 radical (unpaired) electrons. The molecule has 1 aromatic carbocycles. The Balaban J connectivity index is 2.02. The minimum atomic E-state index is -4.45. The van der Waals surface area contributed by atoms with Gasteiger partial charge in [0.1, 0.15) is 0 Å². The van der Waals surface area contributed by atoms with Crippen LogP contribution in [0.3, 0.4) is 0 Å². The summed E-state index contributed by atoms with van der Waals surface area (Å²) in [6, 6.07) is 3.01. The average Bonchev–Trinajstić information content (AvgIpc) is 2.41. The number of hydrogen-bond donors (Lipinski definition) is 2. The number of nitrogens with one attached hydrogen (secondary N) is 2. The van der Waals surface area contributed by atoms with Crippen molar-refractivity contribution in [3.05, 3.63) is 28.2 Å². The van der Waals surface area contributed by atoms with Gasteiger partial charge in [0.25, 0.3) is 0 Å². The van der Waals surface area contributed by atoms with Crippen molar-refractivity contribution in [3.63, 3.8) is 0 Å². The molecule has 1 atom stereocenters. The second-order valence-electron chi connectivity index (χ2n) is 4.67. The lowest BCUT2D eigenvalue weighted by atomic mass is 10.1. The highest BCUT2D eigenvalue weighted by molar-refractivity contribution is 9.10. The number of benzene rings is 1. The van der Waals surface area contributed by atoms with Gasteiger partial charge >= 0.3 is 6.18 Å². The molecule has 1 fully saturated rings. The summed E-state index contributed by atoms with van der Waals surface area (Å²) in [6.07, 6.45) is -4.30. The van der Waals surface area contributed by atoms with Crippen molar-refractivity contribution in [2.45, 2.75) is 18.6 Å². The Bertz CT molecular complexity index is 517. The van der Waals surface area contributed by atoms with E-state index in [0.717, 1.165) is 12.1 Å².